The predicted molar refractivity (Wildman–Crippen MR) is 50.5 cm³/mol. The van der Waals surface area contributed by atoms with E-state index in [1.165, 1.54) is 38.4 Å². The summed E-state index contributed by atoms with van der Waals surface area (Å²) in [5.74, 6) is -0.377. The van der Waals surface area contributed by atoms with Crippen molar-refractivity contribution in [2.45, 2.75) is 6.43 Å². The van der Waals surface area contributed by atoms with Crippen LogP contribution in [0.5, 0.6) is 0 Å². The first-order valence-corrected chi connectivity index (χ1v) is 4.26. The number of amides is 1. The normalized spacial score (nSPS) is 10.5. The highest BCUT2D eigenvalue weighted by Crippen LogP contribution is 2.19. The largest absolute Gasteiger partial charge is 0.277 e. The van der Waals surface area contributed by atoms with Gasteiger partial charge < -0.3 is 0 Å². The molecule has 0 aliphatic carbocycles. The van der Waals surface area contributed by atoms with E-state index < -0.39 is 6.43 Å². The van der Waals surface area contributed by atoms with Crippen molar-refractivity contribution >= 4 is 5.91 Å². The summed E-state index contributed by atoms with van der Waals surface area (Å²) in [7, 11) is 2.80. The topological polar surface area (TPSA) is 29.5 Å². The van der Waals surface area contributed by atoms with Crippen molar-refractivity contribution < 1.29 is 18.4 Å². The van der Waals surface area contributed by atoms with Gasteiger partial charge in [0.15, 0.2) is 0 Å². The van der Waals surface area contributed by atoms with Gasteiger partial charge in [-0.1, -0.05) is 12.1 Å². The average molecular weight is 215 g/mol. The molecule has 0 heterocycles. The number of hydrogen-bond acceptors (Lipinski definition) is 2. The summed E-state index contributed by atoms with van der Waals surface area (Å²) in [4.78, 5) is 16.1. The van der Waals surface area contributed by atoms with Crippen molar-refractivity contribution in [3.63, 3.8) is 0 Å². The minimum Gasteiger partial charge on any atom is -0.274 e. The van der Waals surface area contributed by atoms with Crippen LogP contribution >= 0.6 is 0 Å². The standard InChI is InChI=1S/C10H11F2NO2/c1-13(15-2)10(14)8-5-3-7(4-6-8)9(11)12/h3-6,9H,1-2H3. The van der Waals surface area contributed by atoms with Gasteiger partial charge >= 0.3 is 0 Å². The van der Waals surface area contributed by atoms with Gasteiger partial charge in [0.2, 0.25) is 0 Å². The molecule has 0 aliphatic heterocycles. The van der Waals surface area contributed by atoms with E-state index in [4.69, 9.17) is 0 Å². The smallest absolute Gasteiger partial charge is 0.274 e. The molecule has 82 valence electrons. The quantitative estimate of drug-likeness (QED) is 0.724. The minimum absolute atomic E-state index is 0.105. The van der Waals surface area contributed by atoms with Gasteiger partial charge in [0.05, 0.1) is 7.11 Å². The van der Waals surface area contributed by atoms with Gasteiger partial charge in [-0.25, -0.2) is 13.8 Å². The Kier molecular flexibility index (Phi) is 3.74. The van der Waals surface area contributed by atoms with Gasteiger partial charge in [-0.2, -0.15) is 0 Å². The van der Waals surface area contributed by atoms with E-state index >= 15 is 0 Å². The maximum atomic E-state index is 12.2. The van der Waals surface area contributed by atoms with Gasteiger partial charge in [0.25, 0.3) is 12.3 Å². The summed E-state index contributed by atoms with van der Waals surface area (Å²) in [5, 5.41) is 1.03. The molecule has 1 aromatic rings. The lowest BCUT2D eigenvalue weighted by atomic mass is 10.1. The number of benzene rings is 1. The van der Waals surface area contributed by atoms with Crippen molar-refractivity contribution in [3.05, 3.63) is 35.4 Å². The van der Waals surface area contributed by atoms with Crippen LogP contribution in [0.3, 0.4) is 0 Å². The van der Waals surface area contributed by atoms with Crippen molar-refractivity contribution in [1.82, 2.24) is 5.06 Å². The van der Waals surface area contributed by atoms with Gasteiger partial charge in [-0.15, -0.1) is 0 Å². The molecule has 1 aromatic carbocycles. The molecule has 15 heavy (non-hydrogen) atoms. The molecule has 3 nitrogen and oxygen atoms in total. The maximum Gasteiger partial charge on any atom is 0.277 e. The number of carbonyl (C=O) groups is 1. The molecule has 0 fully saturated rings. The van der Waals surface area contributed by atoms with E-state index in [9.17, 15) is 13.6 Å². The molecular weight excluding hydrogens is 204 g/mol. The van der Waals surface area contributed by atoms with E-state index in [1.54, 1.807) is 0 Å². The monoisotopic (exact) mass is 215 g/mol. The van der Waals surface area contributed by atoms with Crippen LogP contribution in [0.25, 0.3) is 0 Å². The molecule has 1 amide bonds. The fourth-order valence-electron chi connectivity index (χ4n) is 1.04. The molecule has 0 saturated carbocycles. The number of hydrogen-bond donors (Lipinski definition) is 0. The first-order chi connectivity index (χ1) is 7.06. The highest BCUT2D eigenvalue weighted by molar-refractivity contribution is 5.93. The average Bonchev–Trinajstić information content (AvgIpc) is 2.27. The van der Waals surface area contributed by atoms with Gasteiger partial charge in [0, 0.05) is 18.2 Å². The number of nitrogens with zero attached hydrogens (tertiary/aromatic N) is 1. The first kappa shape index (κ1) is 11.6. The third kappa shape index (κ3) is 2.73. The predicted octanol–water partition coefficient (Wildman–Crippen LogP) is 2.26. The molecule has 0 unspecified atom stereocenters. The van der Waals surface area contributed by atoms with Crippen LogP contribution in [-0.2, 0) is 4.84 Å². The Hall–Kier alpha value is -1.49. The molecule has 0 aliphatic rings. The molecule has 0 aromatic heterocycles. The summed E-state index contributed by atoms with van der Waals surface area (Å²) in [6.07, 6.45) is -2.52. The van der Waals surface area contributed by atoms with Crippen molar-refractivity contribution in [2.24, 2.45) is 0 Å². The lowest BCUT2D eigenvalue weighted by Gasteiger charge is -2.13. The van der Waals surface area contributed by atoms with Crippen LogP contribution in [0.4, 0.5) is 8.78 Å². The van der Waals surface area contributed by atoms with Crippen molar-refractivity contribution in [3.8, 4) is 0 Å². The van der Waals surface area contributed by atoms with E-state index in [1.807, 2.05) is 0 Å². The van der Waals surface area contributed by atoms with Crippen LogP contribution in [0, 0.1) is 0 Å². The molecule has 0 radical (unpaired) electrons. The third-order valence-electron chi connectivity index (χ3n) is 1.97. The van der Waals surface area contributed by atoms with Crippen LogP contribution in [-0.4, -0.2) is 25.1 Å². The summed E-state index contributed by atoms with van der Waals surface area (Å²) in [6.45, 7) is 0. The van der Waals surface area contributed by atoms with E-state index in [2.05, 4.69) is 4.84 Å². The molecule has 0 bridgehead atoms. The Labute approximate surface area is 86.2 Å². The SMILES string of the molecule is CON(C)C(=O)c1ccc(C(F)F)cc1. The molecular formula is C10H11F2NO2. The van der Waals surface area contributed by atoms with Gasteiger partial charge in [-0.05, 0) is 12.1 Å². The summed E-state index contributed by atoms with van der Waals surface area (Å²) >= 11 is 0. The zero-order chi connectivity index (χ0) is 11.4. The first-order valence-electron chi connectivity index (χ1n) is 4.26. The van der Waals surface area contributed by atoms with E-state index in [0.29, 0.717) is 5.56 Å². The third-order valence-corrected chi connectivity index (χ3v) is 1.97. The number of alkyl halides is 2. The molecule has 1 rings (SSSR count). The zero-order valence-corrected chi connectivity index (χ0v) is 8.41. The number of carbonyl (C=O) groups excluding carboxylic acids is 1. The van der Waals surface area contributed by atoms with Crippen LogP contribution in [0.1, 0.15) is 22.3 Å². The van der Waals surface area contributed by atoms with E-state index in [-0.39, 0.29) is 11.5 Å². The number of hydroxylamine groups is 2. The summed E-state index contributed by atoms with van der Waals surface area (Å²) < 4.78 is 24.4. The Morgan fingerprint density at radius 2 is 1.87 bits per heavy atom. The van der Waals surface area contributed by atoms with E-state index in [0.717, 1.165) is 5.06 Å². The molecule has 0 saturated heterocycles. The lowest BCUT2D eigenvalue weighted by molar-refractivity contribution is -0.0757. The molecule has 0 atom stereocenters. The van der Waals surface area contributed by atoms with Gasteiger partial charge in [-0.3, -0.25) is 9.63 Å². The number of rotatable bonds is 3. The Bertz CT molecular complexity index is 338. The summed E-state index contributed by atoms with van der Waals surface area (Å²) in [5.41, 5.74) is 0.204. The van der Waals surface area contributed by atoms with Crippen molar-refractivity contribution in [2.75, 3.05) is 14.2 Å². The summed E-state index contributed by atoms with van der Waals surface area (Å²) in [6, 6.07) is 5.14. The maximum absolute atomic E-state index is 12.2. The fourth-order valence-corrected chi connectivity index (χ4v) is 1.04. The molecule has 0 N–H and O–H groups in total. The Morgan fingerprint density at radius 1 is 1.33 bits per heavy atom. The minimum atomic E-state index is -2.52. The second kappa shape index (κ2) is 4.84. The highest BCUT2D eigenvalue weighted by Gasteiger charge is 2.12. The Balaban J connectivity index is 2.84. The second-order valence-corrected chi connectivity index (χ2v) is 2.91. The molecule has 0 spiro atoms. The number of halogens is 2. The van der Waals surface area contributed by atoms with Gasteiger partial charge in [0.1, 0.15) is 0 Å². The zero-order valence-electron chi connectivity index (χ0n) is 8.41. The van der Waals surface area contributed by atoms with Crippen LogP contribution in [0.15, 0.2) is 24.3 Å². The molecule has 5 heteroatoms. The lowest BCUT2D eigenvalue weighted by Crippen LogP contribution is -2.25. The highest BCUT2D eigenvalue weighted by atomic mass is 19.3. The second-order valence-electron chi connectivity index (χ2n) is 2.91. The van der Waals surface area contributed by atoms with Crippen LogP contribution in [0.2, 0.25) is 0 Å². The Morgan fingerprint density at radius 3 is 2.27 bits per heavy atom. The van der Waals surface area contributed by atoms with Crippen LogP contribution < -0.4 is 0 Å². The fraction of sp³-hybridized carbons (Fsp3) is 0.300. The van der Waals surface area contributed by atoms with Crippen molar-refractivity contribution in [1.29, 1.82) is 0 Å².